The van der Waals surface area contributed by atoms with Crippen LogP contribution in [0.1, 0.15) is 5.56 Å². The SMILES string of the molecule is COc1ccc(N(C)CN)c(OC)c1C. The second-order valence-corrected chi connectivity index (χ2v) is 3.33. The summed E-state index contributed by atoms with van der Waals surface area (Å²) in [6.45, 7) is 2.41. The first-order chi connectivity index (χ1) is 7.15. The summed E-state index contributed by atoms with van der Waals surface area (Å²) in [5.41, 5.74) is 7.54. The molecule has 2 N–H and O–H groups in total. The summed E-state index contributed by atoms with van der Waals surface area (Å²) in [5, 5.41) is 0. The van der Waals surface area contributed by atoms with E-state index in [1.165, 1.54) is 0 Å². The van der Waals surface area contributed by atoms with Crippen molar-refractivity contribution in [1.82, 2.24) is 0 Å². The van der Waals surface area contributed by atoms with Crippen molar-refractivity contribution >= 4 is 5.69 Å². The summed E-state index contributed by atoms with van der Waals surface area (Å²) in [6, 6.07) is 3.86. The number of anilines is 1. The van der Waals surface area contributed by atoms with Crippen molar-refractivity contribution in [3.05, 3.63) is 17.7 Å². The molecule has 0 atom stereocenters. The number of benzene rings is 1. The van der Waals surface area contributed by atoms with E-state index in [1.807, 2.05) is 31.0 Å². The van der Waals surface area contributed by atoms with E-state index in [2.05, 4.69) is 0 Å². The van der Waals surface area contributed by atoms with Gasteiger partial charge < -0.3 is 20.1 Å². The lowest BCUT2D eigenvalue weighted by Gasteiger charge is -2.21. The lowest BCUT2D eigenvalue weighted by Crippen LogP contribution is -2.25. The zero-order valence-corrected chi connectivity index (χ0v) is 9.70. The number of hydrogen-bond donors (Lipinski definition) is 1. The van der Waals surface area contributed by atoms with Crippen LogP contribution in [-0.4, -0.2) is 27.9 Å². The monoisotopic (exact) mass is 210 g/mol. The molecule has 0 spiro atoms. The van der Waals surface area contributed by atoms with Crippen LogP contribution in [0.2, 0.25) is 0 Å². The highest BCUT2D eigenvalue weighted by Gasteiger charge is 2.13. The Hall–Kier alpha value is -1.42. The van der Waals surface area contributed by atoms with Crippen molar-refractivity contribution in [3.63, 3.8) is 0 Å². The van der Waals surface area contributed by atoms with Crippen LogP contribution in [0.15, 0.2) is 12.1 Å². The minimum atomic E-state index is 0.447. The summed E-state index contributed by atoms with van der Waals surface area (Å²) >= 11 is 0. The van der Waals surface area contributed by atoms with Crippen LogP contribution in [-0.2, 0) is 0 Å². The molecule has 0 heterocycles. The number of nitrogens with two attached hydrogens (primary N) is 1. The fraction of sp³-hybridized carbons (Fsp3) is 0.455. The predicted octanol–water partition coefficient (Wildman–Crippen LogP) is 1.36. The summed E-state index contributed by atoms with van der Waals surface area (Å²) < 4.78 is 10.6. The van der Waals surface area contributed by atoms with Gasteiger partial charge in [-0.15, -0.1) is 0 Å². The maximum atomic E-state index is 5.59. The van der Waals surface area contributed by atoms with Gasteiger partial charge in [0.2, 0.25) is 0 Å². The molecule has 4 heteroatoms. The van der Waals surface area contributed by atoms with E-state index in [-0.39, 0.29) is 0 Å². The average molecular weight is 210 g/mol. The van der Waals surface area contributed by atoms with E-state index < -0.39 is 0 Å². The Balaban J connectivity index is 3.24. The van der Waals surface area contributed by atoms with Crippen molar-refractivity contribution in [3.8, 4) is 11.5 Å². The minimum Gasteiger partial charge on any atom is -0.496 e. The molecule has 84 valence electrons. The largest absolute Gasteiger partial charge is 0.496 e. The molecular weight excluding hydrogens is 192 g/mol. The van der Waals surface area contributed by atoms with Gasteiger partial charge in [0.15, 0.2) is 0 Å². The Labute approximate surface area is 90.6 Å². The molecule has 0 aliphatic rings. The van der Waals surface area contributed by atoms with Crippen LogP contribution in [0.25, 0.3) is 0 Å². The Morgan fingerprint density at radius 3 is 2.40 bits per heavy atom. The number of methoxy groups -OCH3 is 2. The first kappa shape index (κ1) is 11.7. The van der Waals surface area contributed by atoms with Gasteiger partial charge in [-0.2, -0.15) is 0 Å². The van der Waals surface area contributed by atoms with Crippen LogP contribution in [0.4, 0.5) is 5.69 Å². The third-order valence-electron chi connectivity index (χ3n) is 2.44. The molecule has 1 aromatic carbocycles. The molecular formula is C11H18N2O2. The number of hydrogen-bond acceptors (Lipinski definition) is 4. The molecule has 15 heavy (non-hydrogen) atoms. The minimum absolute atomic E-state index is 0.447. The normalized spacial score (nSPS) is 9.93. The van der Waals surface area contributed by atoms with Crippen LogP contribution >= 0.6 is 0 Å². The van der Waals surface area contributed by atoms with E-state index in [4.69, 9.17) is 15.2 Å². The molecule has 0 fully saturated rings. The topological polar surface area (TPSA) is 47.7 Å². The smallest absolute Gasteiger partial charge is 0.148 e. The molecule has 0 aromatic heterocycles. The van der Waals surface area contributed by atoms with E-state index in [9.17, 15) is 0 Å². The highest BCUT2D eigenvalue weighted by molar-refractivity contribution is 5.65. The molecule has 0 aliphatic carbocycles. The Kier molecular flexibility index (Phi) is 3.80. The number of ether oxygens (including phenoxy) is 2. The molecule has 1 rings (SSSR count). The molecule has 0 saturated carbocycles. The Bertz CT molecular complexity index is 340. The van der Waals surface area contributed by atoms with Crippen LogP contribution < -0.4 is 20.1 Å². The molecule has 1 aromatic rings. The van der Waals surface area contributed by atoms with Gasteiger partial charge in [0.25, 0.3) is 0 Å². The van der Waals surface area contributed by atoms with Gasteiger partial charge in [-0.1, -0.05) is 0 Å². The summed E-state index contributed by atoms with van der Waals surface area (Å²) in [5.74, 6) is 1.63. The fourth-order valence-electron chi connectivity index (χ4n) is 1.54. The highest BCUT2D eigenvalue weighted by Crippen LogP contribution is 2.36. The van der Waals surface area contributed by atoms with E-state index >= 15 is 0 Å². The van der Waals surface area contributed by atoms with Crippen molar-refractivity contribution in [1.29, 1.82) is 0 Å². The standard InChI is InChI=1S/C11H18N2O2/c1-8-10(14-3)6-5-9(11(8)15-4)13(2)7-12/h5-6H,7,12H2,1-4H3. The van der Waals surface area contributed by atoms with Gasteiger partial charge in [-0.05, 0) is 19.1 Å². The van der Waals surface area contributed by atoms with Gasteiger partial charge in [-0.25, -0.2) is 0 Å². The second kappa shape index (κ2) is 4.89. The van der Waals surface area contributed by atoms with Crippen molar-refractivity contribution in [2.75, 3.05) is 32.8 Å². The third kappa shape index (κ3) is 2.15. The molecule has 0 aliphatic heterocycles. The van der Waals surface area contributed by atoms with Gasteiger partial charge in [0.1, 0.15) is 11.5 Å². The maximum absolute atomic E-state index is 5.59. The van der Waals surface area contributed by atoms with Gasteiger partial charge >= 0.3 is 0 Å². The fourth-order valence-corrected chi connectivity index (χ4v) is 1.54. The molecule has 0 saturated heterocycles. The quantitative estimate of drug-likeness (QED) is 0.762. The Morgan fingerprint density at radius 1 is 1.27 bits per heavy atom. The summed E-state index contributed by atoms with van der Waals surface area (Å²) in [4.78, 5) is 1.92. The third-order valence-corrected chi connectivity index (χ3v) is 2.44. The van der Waals surface area contributed by atoms with E-state index in [0.29, 0.717) is 6.67 Å². The van der Waals surface area contributed by atoms with Crippen LogP contribution in [0, 0.1) is 6.92 Å². The number of nitrogens with zero attached hydrogens (tertiary/aromatic N) is 1. The van der Waals surface area contributed by atoms with Gasteiger partial charge in [-0.3, -0.25) is 0 Å². The van der Waals surface area contributed by atoms with E-state index in [1.54, 1.807) is 14.2 Å². The summed E-state index contributed by atoms with van der Waals surface area (Å²) in [6.07, 6.45) is 0. The van der Waals surface area contributed by atoms with Gasteiger partial charge in [0.05, 0.1) is 26.6 Å². The molecule has 0 radical (unpaired) electrons. The maximum Gasteiger partial charge on any atom is 0.148 e. The molecule has 4 nitrogen and oxygen atoms in total. The zero-order chi connectivity index (χ0) is 11.4. The van der Waals surface area contributed by atoms with Gasteiger partial charge in [0, 0.05) is 12.6 Å². The first-order valence-electron chi connectivity index (χ1n) is 4.78. The molecule has 0 bridgehead atoms. The summed E-state index contributed by atoms with van der Waals surface area (Å²) in [7, 11) is 5.22. The molecule has 0 amide bonds. The lowest BCUT2D eigenvalue weighted by atomic mass is 10.1. The highest BCUT2D eigenvalue weighted by atomic mass is 16.5. The Morgan fingerprint density at radius 2 is 1.93 bits per heavy atom. The van der Waals surface area contributed by atoms with Crippen molar-refractivity contribution in [2.45, 2.75) is 6.92 Å². The van der Waals surface area contributed by atoms with E-state index in [0.717, 1.165) is 22.7 Å². The van der Waals surface area contributed by atoms with Crippen molar-refractivity contribution < 1.29 is 9.47 Å². The number of rotatable bonds is 4. The first-order valence-corrected chi connectivity index (χ1v) is 4.78. The predicted molar refractivity (Wildman–Crippen MR) is 61.7 cm³/mol. The lowest BCUT2D eigenvalue weighted by molar-refractivity contribution is 0.389. The van der Waals surface area contributed by atoms with Crippen molar-refractivity contribution in [2.24, 2.45) is 5.73 Å². The zero-order valence-electron chi connectivity index (χ0n) is 9.70. The average Bonchev–Trinajstić information content (AvgIpc) is 2.27. The second-order valence-electron chi connectivity index (χ2n) is 3.33. The molecule has 0 unspecified atom stereocenters. The van der Waals surface area contributed by atoms with Crippen LogP contribution in [0.5, 0.6) is 11.5 Å². The van der Waals surface area contributed by atoms with Crippen LogP contribution in [0.3, 0.4) is 0 Å².